The molecule has 0 spiro atoms. The zero-order chi connectivity index (χ0) is 23.3. The summed E-state index contributed by atoms with van der Waals surface area (Å²) in [6.45, 7) is 0.307. The largest absolute Gasteiger partial charge is 0.508 e. The van der Waals surface area contributed by atoms with Crippen molar-refractivity contribution in [3.05, 3.63) is 53.6 Å². The van der Waals surface area contributed by atoms with Gasteiger partial charge < -0.3 is 32.3 Å². The third kappa shape index (κ3) is 7.33. The number of carbonyl (C=O) groups is 3. The fourth-order valence-corrected chi connectivity index (χ4v) is 3.71. The maximum Gasteiger partial charge on any atom is 0.326 e. The number of carboxylic acids is 1. The van der Waals surface area contributed by atoms with Crippen LogP contribution in [0.2, 0.25) is 0 Å². The van der Waals surface area contributed by atoms with E-state index in [1.807, 2.05) is 12.1 Å². The van der Waals surface area contributed by atoms with E-state index < -0.39 is 35.9 Å². The minimum absolute atomic E-state index is 0. The Morgan fingerprint density at radius 2 is 1.71 bits per heavy atom. The first kappa shape index (κ1) is 29.2. The lowest BCUT2D eigenvalue weighted by Gasteiger charge is -2.23. The number of carboxylic acid groups (broad SMARTS) is 1. The fraction of sp³-hybridized carbons (Fsp3) is 0.348. The second kappa shape index (κ2) is 13.1. The molecule has 9 nitrogen and oxygen atoms in total. The van der Waals surface area contributed by atoms with Gasteiger partial charge in [0.1, 0.15) is 17.8 Å². The Morgan fingerprint density at radius 3 is 2.38 bits per heavy atom. The lowest BCUT2D eigenvalue weighted by molar-refractivity contribution is -0.142. The molecule has 1 aliphatic rings. The summed E-state index contributed by atoms with van der Waals surface area (Å²) in [5.74, 6) is -2.35. The lowest BCUT2D eigenvalue weighted by Crippen LogP contribution is -2.55. The summed E-state index contributed by atoms with van der Waals surface area (Å²) < 4.78 is 0. The summed E-state index contributed by atoms with van der Waals surface area (Å²) in [6, 6.07) is 9.15. The van der Waals surface area contributed by atoms with Crippen LogP contribution in [0.3, 0.4) is 0 Å². The quantitative estimate of drug-likeness (QED) is 0.356. The van der Waals surface area contributed by atoms with E-state index >= 15 is 0 Å². The van der Waals surface area contributed by atoms with Gasteiger partial charge in [0.05, 0.1) is 6.04 Å². The minimum atomic E-state index is -1.18. The van der Waals surface area contributed by atoms with Gasteiger partial charge in [-0.25, -0.2) is 4.79 Å². The molecule has 3 atom stereocenters. The van der Waals surface area contributed by atoms with Gasteiger partial charge in [0.25, 0.3) is 0 Å². The number of phenolic OH excluding ortho intramolecular Hbond substituents is 1. The number of hydrogen-bond donors (Lipinski definition) is 6. The Kier molecular flexibility index (Phi) is 11.3. The number of carbonyl (C=O) groups excluding carboxylic acids is 2. The minimum Gasteiger partial charge on any atom is -0.508 e. The summed E-state index contributed by atoms with van der Waals surface area (Å²) in [6.07, 6.45) is 0.824. The highest BCUT2D eigenvalue weighted by Crippen LogP contribution is 2.28. The van der Waals surface area contributed by atoms with Crippen molar-refractivity contribution < 1.29 is 24.6 Å². The molecule has 0 fully saturated rings. The molecular weight excluding hydrogens is 483 g/mol. The van der Waals surface area contributed by atoms with E-state index in [2.05, 4.69) is 10.6 Å². The average Bonchev–Trinajstić information content (AvgIpc) is 2.76. The van der Waals surface area contributed by atoms with Crippen LogP contribution < -0.4 is 22.1 Å². The van der Waals surface area contributed by atoms with Gasteiger partial charge in [-0.3, -0.25) is 9.59 Å². The van der Waals surface area contributed by atoms with E-state index in [9.17, 15) is 24.6 Å². The monoisotopic (exact) mass is 512 g/mol. The van der Waals surface area contributed by atoms with Gasteiger partial charge in [-0.05, 0) is 53.8 Å². The Hall–Kier alpha value is -2.85. The van der Waals surface area contributed by atoms with E-state index in [1.54, 1.807) is 24.3 Å². The van der Waals surface area contributed by atoms with Crippen molar-refractivity contribution in [1.29, 1.82) is 0 Å². The van der Waals surface area contributed by atoms with Crippen LogP contribution in [-0.2, 0) is 27.2 Å². The van der Waals surface area contributed by atoms with E-state index in [1.165, 1.54) is 6.07 Å². The lowest BCUT2D eigenvalue weighted by atomic mass is 9.96. The number of hydrogen-bond acceptors (Lipinski definition) is 6. The van der Waals surface area contributed by atoms with Crippen LogP contribution in [0.4, 0.5) is 0 Å². The highest BCUT2D eigenvalue weighted by molar-refractivity contribution is 5.92. The molecule has 0 saturated heterocycles. The third-order valence-electron chi connectivity index (χ3n) is 5.50. The van der Waals surface area contributed by atoms with Crippen molar-refractivity contribution in [2.75, 3.05) is 6.54 Å². The first-order valence-electron chi connectivity index (χ1n) is 10.5. The molecular formula is C23H30Cl2N4O5. The standard InChI is InChI=1S/C23H28N4O5.2ClH/c24-8-2-5-18-22(30)27-19(23(31)32)10-13-3-1-4-14(9-13)15-6-7-20(28)16(11-15)12-17(25)21(29)26-18;;/h1,3-4,6-7,9,11,17-19,28H,2,5,8,10,12,24-25H2,(H,26,29)(H,27,30)(H,31,32);2*1H/t17-,18-,19-;;/m0../s1. The van der Waals surface area contributed by atoms with Crippen LogP contribution in [0.25, 0.3) is 11.1 Å². The topological polar surface area (TPSA) is 168 Å². The van der Waals surface area contributed by atoms with Crippen LogP contribution in [0.1, 0.15) is 24.0 Å². The van der Waals surface area contributed by atoms with Gasteiger partial charge >= 0.3 is 5.97 Å². The molecule has 11 heteroatoms. The molecule has 0 unspecified atom stereocenters. The van der Waals surface area contributed by atoms with Crippen molar-refractivity contribution in [2.45, 2.75) is 43.8 Å². The normalized spacial score (nSPS) is 20.4. The second-order valence-electron chi connectivity index (χ2n) is 7.95. The third-order valence-corrected chi connectivity index (χ3v) is 5.50. The summed E-state index contributed by atoms with van der Waals surface area (Å²) in [5.41, 5.74) is 14.4. The number of rotatable bonds is 4. The maximum absolute atomic E-state index is 12.8. The Morgan fingerprint density at radius 1 is 1.00 bits per heavy atom. The number of nitrogens with one attached hydrogen (secondary N) is 2. The molecule has 0 radical (unpaired) electrons. The number of halogens is 2. The predicted molar refractivity (Wildman–Crippen MR) is 133 cm³/mol. The van der Waals surface area contributed by atoms with Crippen molar-refractivity contribution in [2.24, 2.45) is 11.5 Å². The van der Waals surface area contributed by atoms with Crippen LogP contribution >= 0.6 is 24.8 Å². The molecule has 0 aromatic heterocycles. The van der Waals surface area contributed by atoms with Gasteiger partial charge in [-0.15, -0.1) is 24.8 Å². The Labute approximate surface area is 210 Å². The Bertz CT molecular complexity index is 1020. The van der Waals surface area contributed by atoms with Gasteiger partial charge in [-0.1, -0.05) is 30.3 Å². The van der Waals surface area contributed by atoms with Gasteiger partial charge in [0.2, 0.25) is 11.8 Å². The first-order chi connectivity index (χ1) is 15.3. The van der Waals surface area contributed by atoms with Crippen LogP contribution in [0, 0.1) is 0 Å². The SMILES string of the molecule is Cl.Cl.NCCC[C@@H]1NC(=O)[C@@H](N)Cc2cc(ccc2O)-c2cccc(c2)C[C@@H](C(=O)O)NC1=O. The highest BCUT2D eigenvalue weighted by Gasteiger charge is 2.28. The van der Waals surface area contributed by atoms with E-state index in [0.717, 1.165) is 16.7 Å². The van der Waals surface area contributed by atoms with Crippen LogP contribution in [-0.4, -0.2) is 52.7 Å². The molecule has 1 aliphatic heterocycles. The summed E-state index contributed by atoms with van der Waals surface area (Å²) in [5, 5.41) is 25.1. The zero-order valence-corrected chi connectivity index (χ0v) is 20.0. The van der Waals surface area contributed by atoms with Gasteiger partial charge in [0, 0.05) is 12.8 Å². The van der Waals surface area contributed by atoms with Crippen LogP contribution in [0.5, 0.6) is 5.75 Å². The van der Waals surface area contributed by atoms with Crippen LogP contribution in [0.15, 0.2) is 42.5 Å². The molecule has 186 valence electrons. The second-order valence-corrected chi connectivity index (χ2v) is 7.95. The molecule has 2 aromatic carbocycles. The van der Waals surface area contributed by atoms with Gasteiger partial charge in [-0.2, -0.15) is 0 Å². The number of aliphatic carboxylic acids is 1. The molecule has 1 heterocycles. The number of fused-ring (bicyclic) bond motifs is 5. The molecule has 0 saturated carbocycles. The highest BCUT2D eigenvalue weighted by atomic mass is 35.5. The van der Waals surface area contributed by atoms with Gasteiger partial charge in [0.15, 0.2) is 0 Å². The smallest absolute Gasteiger partial charge is 0.326 e. The number of amides is 2. The van der Waals surface area contributed by atoms with E-state index in [-0.39, 0.29) is 49.8 Å². The number of aromatic hydroxyl groups is 1. The van der Waals surface area contributed by atoms with Crippen molar-refractivity contribution >= 4 is 42.6 Å². The average molecular weight is 513 g/mol. The van der Waals surface area contributed by atoms with Crippen molar-refractivity contribution in [3.63, 3.8) is 0 Å². The summed E-state index contributed by atoms with van der Waals surface area (Å²) in [4.78, 5) is 37.4. The molecule has 34 heavy (non-hydrogen) atoms. The number of benzene rings is 2. The molecule has 0 aliphatic carbocycles. The predicted octanol–water partition coefficient (Wildman–Crippen LogP) is 1.12. The molecule has 2 amide bonds. The maximum atomic E-state index is 12.8. The molecule has 2 aromatic rings. The summed E-state index contributed by atoms with van der Waals surface area (Å²) >= 11 is 0. The van der Waals surface area contributed by atoms with Crippen molar-refractivity contribution in [3.8, 4) is 16.9 Å². The van der Waals surface area contributed by atoms with E-state index in [4.69, 9.17) is 11.5 Å². The number of nitrogens with two attached hydrogens (primary N) is 2. The summed E-state index contributed by atoms with van der Waals surface area (Å²) in [7, 11) is 0. The molecule has 8 N–H and O–H groups in total. The first-order valence-corrected chi connectivity index (χ1v) is 10.5. The van der Waals surface area contributed by atoms with E-state index in [0.29, 0.717) is 18.5 Å². The molecule has 4 bridgehead atoms. The van der Waals surface area contributed by atoms with Crippen molar-refractivity contribution in [1.82, 2.24) is 10.6 Å². The number of phenols is 1. The zero-order valence-electron chi connectivity index (χ0n) is 18.4. The molecule has 3 rings (SSSR count). The fourth-order valence-electron chi connectivity index (χ4n) is 3.71. The Balaban J connectivity index is 0.00000289.